The summed E-state index contributed by atoms with van der Waals surface area (Å²) in [5.74, 6) is -2.24. The SMILES string of the molecule is COc1c(C(=O)O)cc(Cl)c(Cl)c1Cl.N.O=C(O)c1cccc(Cl)c1Cl. The van der Waals surface area contributed by atoms with Crippen molar-refractivity contribution in [3.05, 3.63) is 60.5 Å². The summed E-state index contributed by atoms with van der Waals surface area (Å²) in [7, 11) is 1.30. The lowest BCUT2D eigenvalue weighted by atomic mass is 10.2. The molecule has 0 aliphatic heterocycles. The van der Waals surface area contributed by atoms with E-state index in [1.807, 2.05) is 0 Å². The van der Waals surface area contributed by atoms with Gasteiger partial charge in [0.15, 0.2) is 5.75 Å². The molecule has 5 N–H and O–H groups in total. The van der Waals surface area contributed by atoms with Crippen molar-refractivity contribution in [2.24, 2.45) is 0 Å². The summed E-state index contributed by atoms with van der Waals surface area (Å²) < 4.78 is 4.82. The number of methoxy groups -OCH3 is 1. The molecule has 2 rings (SSSR count). The highest BCUT2D eigenvalue weighted by Gasteiger charge is 2.19. The second-order valence-corrected chi connectivity index (χ2v) is 6.23. The average molecular weight is 464 g/mol. The molecule has 0 radical (unpaired) electrons. The summed E-state index contributed by atoms with van der Waals surface area (Å²) in [6.45, 7) is 0. The number of carboxylic acid groups (broad SMARTS) is 2. The van der Waals surface area contributed by atoms with Crippen LogP contribution in [0.15, 0.2) is 24.3 Å². The summed E-state index contributed by atoms with van der Waals surface area (Å²) in [5.41, 5.74) is -0.0916. The zero-order chi connectivity index (χ0) is 19.3. The Balaban J connectivity index is 0.000000475. The molecular formula is C15H12Cl5NO5. The van der Waals surface area contributed by atoms with Gasteiger partial charge in [-0.1, -0.05) is 64.1 Å². The lowest BCUT2D eigenvalue weighted by Gasteiger charge is -2.09. The maximum atomic E-state index is 10.8. The van der Waals surface area contributed by atoms with Crippen molar-refractivity contribution >= 4 is 69.9 Å². The molecule has 0 amide bonds. The topological polar surface area (TPSA) is 119 Å². The summed E-state index contributed by atoms with van der Waals surface area (Å²) in [6.07, 6.45) is 0. The molecule has 0 unspecified atom stereocenters. The van der Waals surface area contributed by atoms with Gasteiger partial charge in [-0.05, 0) is 18.2 Å². The first kappa shape index (κ1) is 24.6. The number of halogens is 5. The van der Waals surface area contributed by atoms with Crippen LogP contribution < -0.4 is 10.9 Å². The zero-order valence-corrected chi connectivity index (χ0v) is 16.8. The van der Waals surface area contributed by atoms with Crippen LogP contribution in [0.1, 0.15) is 20.7 Å². The Morgan fingerprint density at radius 3 is 1.81 bits per heavy atom. The smallest absolute Gasteiger partial charge is 0.339 e. The van der Waals surface area contributed by atoms with Gasteiger partial charge in [0, 0.05) is 0 Å². The molecule has 0 saturated carbocycles. The molecule has 6 nitrogen and oxygen atoms in total. The average Bonchev–Trinajstić information content (AvgIpc) is 2.55. The molecule has 142 valence electrons. The van der Waals surface area contributed by atoms with E-state index < -0.39 is 11.9 Å². The summed E-state index contributed by atoms with van der Waals surface area (Å²) in [6, 6.07) is 5.67. The highest BCUT2D eigenvalue weighted by molar-refractivity contribution is 6.49. The van der Waals surface area contributed by atoms with Crippen molar-refractivity contribution in [2.75, 3.05) is 7.11 Å². The quantitative estimate of drug-likeness (QED) is 0.466. The largest absolute Gasteiger partial charge is 0.494 e. The Labute approximate surface area is 173 Å². The number of carboxylic acids is 2. The Kier molecular flexibility index (Phi) is 10.1. The fraction of sp³-hybridized carbons (Fsp3) is 0.0667. The molecule has 0 fully saturated rings. The molecular weight excluding hydrogens is 451 g/mol. The molecule has 2 aromatic carbocycles. The van der Waals surface area contributed by atoms with Crippen molar-refractivity contribution in [1.29, 1.82) is 0 Å². The van der Waals surface area contributed by atoms with Crippen LogP contribution in [0, 0.1) is 0 Å². The summed E-state index contributed by atoms with van der Waals surface area (Å²) in [4.78, 5) is 21.2. The first-order valence-electron chi connectivity index (χ1n) is 6.23. The van der Waals surface area contributed by atoms with Crippen LogP contribution in [0.2, 0.25) is 25.1 Å². The van der Waals surface area contributed by atoms with Gasteiger partial charge >= 0.3 is 11.9 Å². The van der Waals surface area contributed by atoms with E-state index >= 15 is 0 Å². The van der Waals surface area contributed by atoms with Gasteiger partial charge in [-0.15, -0.1) is 0 Å². The third-order valence-electron chi connectivity index (χ3n) is 2.73. The van der Waals surface area contributed by atoms with Crippen LogP contribution in [-0.4, -0.2) is 29.3 Å². The number of aromatic carboxylic acids is 2. The van der Waals surface area contributed by atoms with E-state index in [1.165, 1.54) is 31.4 Å². The van der Waals surface area contributed by atoms with Crippen LogP contribution in [0.25, 0.3) is 0 Å². The lowest BCUT2D eigenvalue weighted by molar-refractivity contribution is 0.0684. The normalized spacial score (nSPS) is 9.46. The standard InChI is InChI=1S/C8H5Cl3O3.C7H4Cl2O2.H3N/c1-14-7-3(8(12)13)2-4(9)5(10)6(7)11;8-5-3-1-2-4(6(5)9)7(10)11;/h2H,1H3,(H,12,13);1-3H,(H,10,11);1H3. The number of carbonyl (C=O) groups is 2. The molecule has 11 heteroatoms. The van der Waals surface area contributed by atoms with E-state index in [0.717, 1.165) is 0 Å². The fourth-order valence-electron chi connectivity index (χ4n) is 1.61. The molecule has 0 saturated heterocycles. The second-order valence-electron chi connectivity index (χ2n) is 4.28. The Bertz CT molecular complexity index is 829. The number of hydrogen-bond donors (Lipinski definition) is 3. The molecule has 26 heavy (non-hydrogen) atoms. The van der Waals surface area contributed by atoms with Gasteiger partial charge in [-0.25, -0.2) is 9.59 Å². The van der Waals surface area contributed by atoms with Gasteiger partial charge in [0.25, 0.3) is 0 Å². The van der Waals surface area contributed by atoms with Gasteiger partial charge in [0.2, 0.25) is 0 Å². The Morgan fingerprint density at radius 2 is 1.38 bits per heavy atom. The van der Waals surface area contributed by atoms with Crippen molar-refractivity contribution < 1.29 is 24.5 Å². The monoisotopic (exact) mass is 461 g/mol. The lowest BCUT2D eigenvalue weighted by Crippen LogP contribution is -2.01. The van der Waals surface area contributed by atoms with E-state index in [1.54, 1.807) is 0 Å². The maximum Gasteiger partial charge on any atom is 0.339 e. The highest BCUT2D eigenvalue weighted by atomic mass is 35.5. The van der Waals surface area contributed by atoms with Crippen molar-refractivity contribution in [1.82, 2.24) is 6.15 Å². The third-order valence-corrected chi connectivity index (χ3v) is 4.80. The van der Waals surface area contributed by atoms with Gasteiger partial charge < -0.3 is 21.1 Å². The number of hydrogen-bond acceptors (Lipinski definition) is 4. The minimum atomic E-state index is -1.18. The third kappa shape index (κ3) is 5.81. The van der Waals surface area contributed by atoms with Crippen LogP contribution in [0.3, 0.4) is 0 Å². The van der Waals surface area contributed by atoms with Crippen molar-refractivity contribution in [2.45, 2.75) is 0 Å². The predicted molar refractivity (Wildman–Crippen MR) is 103 cm³/mol. The Hall–Kier alpha value is -1.41. The zero-order valence-electron chi connectivity index (χ0n) is 13.0. The molecule has 2 aromatic rings. The van der Waals surface area contributed by atoms with Crippen LogP contribution >= 0.6 is 58.0 Å². The van der Waals surface area contributed by atoms with E-state index in [4.69, 9.17) is 73.0 Å². The van der Waals surface area contributed by atoms with E-state index in [0.29, 0.717) is 0 Å². The van der Waals surface area contributed by atoms with Gasteiger partial charge in [0.1, 0.15) is 10.6 Å². The molecule has 0 bridgehead atoms. The minimum absolute atomic E-state index is 0. The first-order chi connectivity index (χ1) is 11.6. The second kappa shape index (κ2) is 10.7. The van der Waals surface area contributed by atoms with Crippen molar-refractivity contribution in [3.8, 4) is 5.75 Å². The predicted octanol–water partition coefficient (Wildman–Crippen LogP) is 6.21. The van der Waals surface area contributed by atoms with E-state index in [2.05, 4.69) is 0 Å². The molecule has 0 spiro atoms. The van der Waals surface area contributed by atoms with Crippen LogP contribution in [0.5, 0.6) is 5.75 Å². The summed E-state index contributed by atoms with van der Waals surface area (Å²) in [5, 5.41) is 17.8. The molecule has 0 aromatic heterocycles. The fourth-order valence-corrected chi connectivity index (χ4v) is 2.66. The first-order valence-corrected chi connectivity index (χ1v) is 8.12. The van der Waals surface area contributed by atoms with Crippen molar-refractivity contribution in [3.63, 3.8) is 0 Å². The molecule has 0 atom stereocenters. The molecule has 0 heterocycles. The van der Waals surface area contributed by atoms with Gasteiger partial charge in [0.05, 0.1) is 32.8 Å². The minimum Gasteiger partial charge on any atom is -0.494 e. The van der Waals surface area contributed by atoms with Crippen LogP contribution in [0.4, 0.5) is 0 Å². The Morgan fingerprint density at radius 1 is 0.846 bits per heavy atom. The van der Waals surface area contributed by atoms with Crippen LogP contribution in [-0.2, 0) is 0 Å². The number of benzene rings is 2. The molecule has 0 aliphatic carbocycles. The van der Waals surface area contributed by atoms with Gasteiger partial charge in [-0.3, -0.25) is 0 Å². The van der Waals surface area contributed by atoms with E-state index in [9.17, 15) is 9.59 Å². The van der Waals surface area contributed by atoms with Gasteiger partial charge in [-0.2, -0.15) is 0 Å². The maximum absolute atomic E-state index is 10.8. The number of ether oxygens (including phenoxy) is 1. The highest BCUT2D eigenvalue weighted by Crippen LogP contribution is 2.39. The van der Waals surface area contributed by atoms with E-state index in [-0.39, 0.29) is 48.1 Å². The summed E-state index contributed by atoms with van der Waals surface area (Å²) >= 11 is 28.2. The molecule has 0 aliphatic rings. The number of rotatable bonds is 3.